The van der Waals surface area contributed by atoms with Gasteiger partial charge >= 0.3 is 0 Å². The summed E-state index contributed by atoms with van der Waals surface area (Å²) in [7, 11) is 0. The van der Waals surface area contributed by atoms with Crippen LogP contribution in [-0.2, 0) is 0 Å². The first-order valence-electron chi connectivity index (χ1n) is 6.30. The molecule has 8 N–H and O–H groups in total. The summed E-state index contributed by atoms with van der Waals surface area (Å²) in [6.45, 7) is 1.64. The predicted octanol–water partition coefficient (Wildman–Crippen LogP) is 2.07. The molecule has 0 fully saturated rings. The molecule has 1 amide bonds. The van der Waals surface area contributed by atoms with Crippen LogP contribution in [0, 0.1) is 5.41 Å². The van der Waals surface area contributed by atoms with Crippen LogP contribution >= 0.6 is 0 Å². The van der Waals surface area contributed by atoms with E-state index in [0.717, 1.165) is 0 Å². The summed E-state index contributed by atoms with van der Waals surface area (Å²) in [6.07, 6.45) is 0. The second kappa shape index (κ2) is 5.54. The Bertz CT molecular complexity index is 724. The Labute approximate surface area is 122 Å². The van der Waals surface area contributed by atoms with Crippen LogP contribution in [0.15, 0.2) is 36.4 Å². The molecular weight excluding hydrogens is 266 g/mol. The minimum Gasteiger partial charge on any atom is -0.398 e. The molecule has 0 aliphatic heterocycles. The molecule has 21 heavy (non-hydrogen) atoms. The maximum Gasteiger partial charge on any atom is 0.255 e. The van der Waals surface area contributed by atoms with Gasteiger partial charge < -0.3 is 27.9 Å². The number of anilines is 4. The van der Waals surface area contributed by atoms with Gasteiger partial charge in [-0.15, -0.1) is 0 Å². The van der Waals surface area contributed by atoms with Crippen LogP contribution in [0.2, 0.25) is 0 Å². The van der Waals surface area contributed by atoms with E-state index in [9.17, 15) is 4.79 Å². The summed E-state index contributed by atoms with van der Waals surface area (Å²) in [5.74, 6) is -0.306. The average Bonchev–Trinajstić information content (AvgIpc) is 2.43. The smallest absolute Gasteiger partial charge is 0.255 e. The summed E-state index contributed by atoms with van der Waals surface area (Å²) in [4.78, 5) is 12.2. The number of hydrogen-bond acceptors (Lipinski definition) is 5. The molecule has 0 atom stereocenters. The van der Waals surface area contributed by atoms with E-state index in [0.29, 0.717) is 39.6 Å². The van der Waals surface area contributed by atoms with E-state index in [1.54, 1.807) is 37.3 Å². The lowest BCUT2D eigenvalue weighted by Gasteiger charge is -2.10. The van der Waals surface area contributed by atoms with Crippen LogP contribution in [-0.4, -0.2) is 11.6 Å². The van der Waals surface area contributed by atoms with Crippen molar-refractivity contribution < 1.29 is 4.79 Å². The molecule has 0 aliphatic rings. The van der Waals surface area contributed by atoms with Crippen molar-refractivity contribution in [3.8, 4) is 0 Å². The van der Waals surface area contributed by atoms with Crippen LogP contribution in [0.3, 0.4) is 0 Å². The van der Waals surface area contributed by atoms with Gasteiger partial charge in [0.15, 0.2) is 0 Å². The number of hydrogen-bond donors (Lipinski definition) is 5. The number of benzene rings is 2. The summed E-state index contributed by atoms with van der Waals surface area (Å²) in [5, 5.41) is 10.4. The normalized spacial score (nSPS) is 10.1. The van der Waals surface area contributed by atoms with Crippen LogP contribution in [0.1, 0.15) is 22.8 Å². The molecule has 2 aromatic rings. The Morgan fingerprint density at radius 3 is 2.29 bits per heavy atom. The highest BCUT2D eigenvalue weighted by Crippen LogP contribution is 2.20. The van der Waals surface area contributed by atoms with E-state index in [2.05, 4.69) is 5.32 Å². The lowest BCUT2D eigenvalue weighted by atomic mass is 10.1. The van der Waals surface area contributed by atoms with Gasteiger partial charge in [-0.25, -0.2) is 0 Å². The monoisotopic (exact) mass is 283 g/mol. The van der Waals surface area contributed by atoms with Crippen molar-refractivity contribution in [2.24, 2.45) is 0 Å². The van der Waals surface area contributed by atoms with Crippen LogP contribution < -0.4 is 22.5 Å². The molecule has 0 saturated heterocycles. The van der Waals surface area contributed by atoms with Crippen molar-refractivity contribution in [2.75, 3.05) is 22.5 Å². The third kappa shape index (κ3) is 3.11. The van der Waals surface area contributed by atoms with Crippen molar-refractivity contribution in [3.63, 3.8) is 0 Å². The van der Waals surface area contributed by atoms with Gasteiger partial charge in [0.25, 0.3) is 5.91 Å². The second-order valence-corrected chi connectivity index (χ2v) is 4.72. The molecule has 2 rings (SSSR count). The summed E-state index contributed by atoms with van der Waals surface area (Å²) in [5.41, 5.74) is 20.3. The Kier molecular flexibility index (Phi) is 3.80. The number of carbonyl (C=O) groups excluding carboxylic acids is 1. The number of nitrogens with one attached hydrogen (secondary N) is 2. The Morgan fingerprint density at radius 2 is 1.67 bits per heavy atom. The molecule has 2 aromatic carbocycles. The van der Waals surface area contributed by atoms with Gasteiger partial charge in [0.2, 0.25) is 0 Å². The number of amides is 1. The summed E-state index contributed by atoms with van der Waals surface area (Å²) < 4.78 is 0. The van der Waals surface area contributed by atoms with E-state index in [1.165, 1.54) is 6.07 Å². The zero-order chi connectivity index (χ0) is 15.6. The molecule has 6 nitrogen and oxygen atoms in total. The van der Waals surface area contributed by atoms with Crippen molar-refractivity contribution in [3.05, 3.63) is 47.5 Å². The van der Waals surface area contributed by atoms with Gasteiger partial charge in [0, 0.05) is 28.2 Å². The van der Waals surface area contributed by atoms with Crippen LogP contribution in [0.5, 0.6) is 0 Å². The third-order valence-corrected chi connectivity index (χ3v) is 3.06. The van der Waals surface area contributed by atoms with E-state index >= 15 is 0 Å². The minimum atomic E-state index is -0.306. The van der Waals surface area contributed by atoms with Gasteiger partial charge in [-0.1, -0.05) is 0 Å². The zero-order valence-electron chi connectivity index (χ0n) is 11.6. The van der Waals surface area contributed by atoms with Crippen molar-refractivity contribution in [1.82, 2.24) is 0 Å². The van der Waals surface area contributed by atoms with Gasteiger partial charge in [-0.3, -0.25) is 4.79 Å². The molecule has 0 spiro atoms. The molecule has 0 aliphatic carbocycles. The summed E-state index contributed by atoms with van der Waals surface area (Å²) in [6, 6.07) is 9.70. The topological polar surface area (TPSA) is 131 Å². The van der Waals surface area contributed by atoms with E-state index in [1.807, 2.05) is 0 Å². The van der Waals surface area contributed by atoms with Gasteiger partial charge in [0.05, 0.1) is 11.4 Å². The number of rotatable bonds is 3. The molecule has 108 valence electrons. The number of carbonyl (C=O) groups is 1. The molecular formula is C15H17N5O. The molecule has 0 unspecified atom stereocenters. The van der Waals surface area contributed by atoms with Gasteiger partial charge in [-0.05, 0) is 43.3 Å². The molecule has 0 aromatic heterocycles. The predicted molar refractivity (Wildman–Crippen MR) is 86.6 cm³/mol. The maximum absolute atomic E-state index is 12.2. The SMILES string of the molecule is CC(=N)c1cc(NC(=O)c2ccc(N)c(N)c2)ccc1N. The Morgan fingerprint density at radius 1 is 1.00 bits per heavy atom. The van der Waals surface area contributed by atoms with Crippen molar-refractivity contribution >= 4 is 34.4 Å². The number of nitrogens with two attached hydrogens (primary N) is 3. The van der Waals surface area contributed by atoms with Crippen LogP contribution in [0.25, 0.3) is 0 Å². The minimum absolute atomic E-state index is 0.306. The third-order valence-electron chi connectivity index (χ3n) is 3.06. The first-order chi connectivity index (χ1) is 9.88. The standard InChI is InChI=1S/C15H17N5O/c1-8(16)11-7-10(3-5-12(11)17)20-15(21)9-2-4-13(18)14(19)6-9/h2-7,16H,17-19H2,1H3,(H,20,21). The Balaban J connectivity index is 2.25. The van der Waals surface area contributed by atoms with E-state index in [-0.39, 0.29) is 5.91 Å². The molecule has 0 heterocycles. The summed E-state index contributed by atoms with van der Waals surface area (Å²) >= 11 is 0. The molecule has 0 radical (unpaired) electrons. The van der Waals surface area contributed by atoms with Crippen LogP contribution in [0.4, 0.5) is 22.7 Å². The van der Waals surface area contributed by atoms with Crippen molar-refractivity contribution in [2.45, 2.75) is 6.92 Å². The average molecular weight is 283 g/mol. The first kappa shape index (κ1) is 14.4. The quantitative estimate of drug-likeness (QED) is 0.436. The second-order valence-electron chi connectivity index (χ2n) is 4.72. The fourth-order valence-electron chi connectivity index (χ4n) is 1.88. The highest BCUT2D eigenvalue weighted by Gasteiger charge is 2.09. The largest absolute Gasteiger partial charge is 0.398 e. The maximum atomic E-state index is 12.2. The van der Waals surface area contributed by atoms with Gasteiger partial charge in [0.1, 0.15) is 0 Å². The fourth-order valence-corrected chi connectivity index (χ4v) is 1.88. The molecule has 0 bridgehead atoms. The lowest BCUT2D eigenvalue weighted by Crippen LogP contribution is -2.13. The lowest BCUT2D eigenvalue weighted by molar-refractivity contribution is 0.102. The molecule has 6 heteroatoms. The van der Waals surface area contributed by atoms with E-state index in [4.69, 9.17) is 22.6 Å². The van der Waals surface area contributed by atoms with Gasteiger partial charge in [-0.2, -0.15) is 0 Å². The van der Waals surface area contributed by atoms with Crippen molar-refractivity contribution in [1.29, 1.82) is 5.41 Å². The molecule has 0 saturated carbocycles. The van der Waals surface area contributed by atoms with E-state index < -0.39 is 0 Å². The first-order valence-corrected chi connectivity index (χ1v) is 6.30. The number of nitrogen functional groups attached to an aromatic ring is 3. The highest BCUT2D eigenvalue weighted by molar-refractivity contribution is 6.07. The highest BCUT2D eigenvalue weighted by atomic mass is 16.1. The fraction of sp³-hybridized carbons (Fsp3) is 0.0667. The zero-order valence-corrected chi connectivity index (χ0v) is 11.6. The Hall–Kier alpha value is -3.02.